The summed E-state index contributed by atoms with van der Waals surface area (Å²) in [7, 11) is 0. The highest BCUT2D eigenvalue weighted by molar-refractivity contribution is 6.30. The van der Waals surface area contributed by atoms with Crippen LogP contribution in [0.2, 0.25) is 5.02 Å². The smallest absolute Gasteiger partial charge is 0.257 e. The Hall–Kier alpha value is -2.69. The van der Waals surface area contributed by atoms with Gasteiger partial charge in [-0.05, 0) is 25.5 Å². The van der Waals surface area contributed by atoms with Gasteiger partial charge in [0.2, 0.25) is 0 Å². The SMILES string of the molecule is CC1C(O)CC(COc2cc(F)ccc2C(=O)N2CC(=N)C(c3ncc(Cl)cn3)C2)N1CCF. The number of hydrogen-bond acceptors (Lipinski definition) is 7. The summed E-state index contributed by atoms with van der Waals surface area (Å²) in [5.74, 6) is -0.953. The maximum absolute atomic E-state index is 14.0. The standard InChI is InChI=1S/C23H26ClF2N5O3/c1-13-20(32)7-16(31(13)5-4-25)12-34-21-6-15(26)2-3-17(21)23(33)30-10-18(19(27)11-30)22-28-8-14(24)9-29-22/h2-3,6,8-9,13,16,18,20,27,32H,4-5,7,10-12H2,1H3. The summed E-state index contributed by atoms with van der Waals surface area (Å²) in [5, 5.41) is 18.9. The first-order valence-corrected chi connectivity index (χ1v) is 11.4. The van der Waals surface area contributed by atoms with Gasteiger partial charge in [-0.2, -0.15) is 0 Å². The number of rotatable bonds is 7. The third kappa shape index (κ3) is 5.03. The van der Waals surface area contributed by atoms with Gasteiger partial charge in [-0.15, -0.1) is 0 Å². The van der Waals surface area contributed by atoms with Crippen LogP contribution in [0.5, 0.6) is 5.75 Å². The number of aliphatic hydroxyl groups is 1. The van der Waals surface area contributed by atoms with E-state index in [1.54, 1.807) is 0 Å². The molecule has 4 atom stereocenters. The zero-order valence-electron chi connectivity index (χ0n) is 18.6. The molecule has 1 aromatic carbocycles. The molecule has 1 amide bonds. The minimum Gasteiger partial charge on any atom is -0.491 e. The fraction of sp³-hybridized carbons (Fsp3) is 0.478. The molecule has 182 valence electrons. The third-order valence-corrected chi connectivity index (χ3v) is 6.63. The van der Waals surface area contributed by atoms with Gasteiger partial charge >= 0.3 is 0 Å². The first-order chi connectivity index (χ1) is 16.3. The number of ether oxygens (including phenoxy) is 1. The van der Waals surface area contributed by atoms with E-state index < -0.39 is 30.4 Å². The highest BCUT2D eigenvalue weighted by Gasteiger charge is 2.38. The lowest BCUT2D eigenvalue weighted by molar-refractivity contribution is 0.0786. The fourth-order valence-electron chi connectivity index (χ4n) is 4.57. The van der Waals surface area contributed by atoms with Crippen LogP contribution < -0.4 is 4.74 Å². The molecule has 2 saturated heterocycles. The Kier molecular flexibility index (Phi) is 7.39. The van der Waals surface area contributed by atoms with Crippen molar-refractivity contribution in [2.75, 3.05) is 32.9 Å². The van der Waals surface area contributed by atoms with Crippen LogP contribution in [0.3, 0.4) is 0 Å². The number of carbonyl (C=O) groups is 1. The zero-order valence-corrected chi connectivity index (χ0v) is 19.4. The van der Waals surface area contributed by atoms with Gasteiger partial charge in [-0.3, -0.25) is 9.69 Å². The predicted octanol–water partition coefficient (Wildman–Crippen LogP) is 2.70. The number of benzene rings is 1. The van der Waals surface area contributed by atoms with Gasteiger partial charge in [0.25, 0.3) is 5.91 Å². The number of hydrogen-bond donors (Lipinski definition) is 2. The van der Waals surface area contributed by atoms with E-state index in [1.165, 1.54) is 29.4 Å². The molecule has 0 spiro atoms. The zero-order chi connectivity index (χ0) is 24.4. The summed E-state index contributed by atoms with van der Waals surface area (Å²) >= 11 is 5.84. The van der Waals surface area contributed by atoms with Crippen LogP contribution in [0.1, 0.15) is 35.4 Å². The largest absolute Gasteiger partial charge is 0.491 e. The molecular weight excluding hydrogens is 468 g/mol. The molecule has 0 aliphatic carbocycles. The van der Waals surface area contributed by atoms with Crippen LogP contribution >= 0.6 is 11.6 Å². The lowest BCUT2D eigenvalue weighted by Crippen LogP contribution is -2.41. The monoisotopic (exact) mass is 493 g/mol. The second-order valence-electron chi connectivity index (χ2n) is 8.60. The van der Waals surface area contributed by atoms with Gasteiger partial charge in [-0.25, -0.2) is 18.7 Å². The van der Waals surface area contributed by atoms with E-state index in [1.807, 2.05) is 11.8 Å². The lowest BCUT2D eigenvalue weighted by atomic mass is 10.1. The number of carbonyl (C=O) groups excluding carboxylic acids is 1. The average Bonchev–Trinajstić information content (AvgIpc) is 3.33. The van der Waals surface area contributed by atoms with E-state index in [0.29, 0.717) is 17.3 Å². The van der Waals surface area contributed by atoms with E-state index in [0.717, 1.165) is 6.07 Å². The van der Waals surface area contributed by atoms with Crippen molar-refractivity contribution < 1.29 is 23.4 Å². The number of nitrogens with one attached hydrogen (secondary N) is 1. The number of aliphatic hydroxyl groups excluding tert-OH is 1. The molecule has 2 aliphatic heterocycles. The van der Waals surface area contributed by atoms with Crippen molar-refractivity contribution in [1.82, 2.24) is 19.8 Å². The molecule has 4 rings (SSSR count). The minimum atomic E-state index is -0.614. The van der Waals surface area contributed by atoms with E-state index in [-0.39, 0.29) is 55.3 Å². The molecule has 11 heteroatoms. The summed E-state index contributed by atoms with van der Waals surface area (Å²) in [4.78, 5) is 24.9. The number of aromatic nitrogens is 2. The molecule has 34 heavy (non-hydrogen) atoms. The van der Waals surface area contributed by atoms with Crippen molar-refractivity contribution in [3.05, 3.63) is 52.8 Å². The highest BCUT2D eigenvalue weighted by Crippen LogP contribution is 2.29. The summed E-state index contributed by atoms with van der Waals surface area (Å²) in [5.41, 5.74) is 0.451. The topological polar surface area (TPSA) is 103 Å². The minimum absolute atomic E-state index is 0.0666. The Bertz CT molecular complexity index is 1060. The van der Waals surface area contributed by atoms with Crippen LogP contribution in [0.25, 0.3) is 0 Å². The maximum atomic E-state index is 14.0. The normalized spacial score (nSPS) is 25.2. The first-order valence-electron chi connectivity index (χ1n) is 11.0. The summed E-state index contributed by atoms with van der Waals surface area (Å²) in [6.45, 7) is 1.78. The van der Waals surface area contributed by atoms with Crippen LogP contribution in [0.15, 0.2) is 30.6 Å². The van der Waals surface area contributed by atoms with Gasteiger partial charge < -0.3 is 20.2 Å². The van der Waals surface area contributed by atoms with E-state index in [4.69, 9.17) is 21.7 Å². The Morgan fingerprint density at radius 1 is 1.35 bits per heavy atom. The summed E-state index contributed by atoms with van der Waals surface area (Å²) in [6, 6.07) is 3.19. The fourth-order valence-corrected chi connectivity index (χ4v) is 4.66. The molecule has 2 N–H and O–H groups in total. The van der Waals surface area contributed by atoms with Gasteiger partial charge in [-0.1, -0.05) is 11.6 Å². The average molecular weight is 494 g/mol. The molecule has 0 bridgehead atoms. The number of halogens is 3. The third-order valence-electron chi connectivity index (χ3n) is 6.43. The molecule has 4 unspecified atom stereocenters. The molecule has 2 fully saturated rings. The quantitative estimate of drug-likeness (QED) is 0.615. The lowest BCUT2D eigenvalue weighted by Gasteiger charge is -2.27. The van der Waals surface area contributed by atoms with Gasteiger partial charge in [0.05, 0.1) is 29.2 Å². The highest BCUT2D eigenvalue weighted by atomic mass is 35.5. The molecule has 2 aliphatic rings. The molecule has 0 saturated carbocycles. The van der Waals surface area contributed by atoms with Gasteiger partial charge in [0.15, 0.2) is 0 Å². The van der Waals surface area contributed by atoms with Crippen LogP contribution in [-0.4, -0.2) is 87.6 Å². The number of likely N-dealkylation sites (tertiary alicyclic amines) is 2. The van der Waals surface area contributed by atoms with Crippen molar-refractivity contribution in [3.63, 3.8) is 0 Å². The van der Waals surface area contributed by atoms with E-state index >= 15 is 0 Å². The van der Waals surface area contributed by atoms with Crippen molar-refractivity contribution in [3.8, 4) is 5.75 Å². The predicted molar refractivity (Wildman–Crippen MR) is 122 cm³/mol. The Labute approximate surface area is 201 Å². The molecule has 3 heterocycles. The van der Waals surface area contributed by atoms with Gasteiger partial charge in [0.1, 0.15) is 30.7 Å². The van der Waals surface area contributed by atoms with Crippen LogP contribution in [-0.2, 0) is 0 Å². The second kappa shape index (κ2) is 10.3. The van der Waals surface area contributed by atoms with E-state index in [2.05, 4.69) is 9.97 Å². The van der Waals surface area contributed by atoms with Crippen molar-refractivity contribution in [2.24, 2.45) is 0 Å². The Balaban J connectivity index is 1.49. The van der Waals surface area contributed by atoms with Crippen LogP contribution in [0, 0.1) is 11.2 Å². The molecular formula is C23H26ClF2N5O3. The molecule has 1 aromatic heterocycles. The maximum Gasteiger partial charge on any atom is 0.257 e. The first kappa shape index (κ1) is 24.4. The van der Waals surface area contributed by atoms with Crippen LogP contribution in [0.4, 0.5) is 8.78 Å². The van der Waals surface area contributed by atoms with Crippen molar-refractivity contribution >= 4 is 23.2 Å². The number of amides is 1. The molecule has 2 aromatic rings. The summed E-state index contributed by atoms with van der Waals surface area (Å²) in [6.07, 6.45) is 2.67. The van der Waals surface area contributed by atoms with Crippen molar-refractivity contribution in [2.45, 2.75) is 37.5 Å². The van der Waals surface area contributed by atoms with Crippen molar-refractivity contribution in [1.29, 1.82) is 5.41 Å². The number of nitrogens with zero attached hydrogens (tertiary/aromatic N) is 4. The summed E-state index contributed by atoms with van der Waals surface area (Å²) < 4.78 is 32.9. The van der Waals surface area contributed by atoms with E-state index in [9.17, 15) is 18.7 Å². The number of alkyl halides is 1. The molecule has 0 radical (unpaired) electrons. The Morgan fingerprint density at radius 2 is 2.09 bits per heavy atom. The second-order valence-corrected chi connectivity index (χ2v) is 9.04. The van der Waals surface area contributed by atoms with Gasteiger partial charge in [0, 0.05) is 49.3 Å². The Morgan fingerprint density at radius 3 is 2.79 bits per heavy atom. The molecule has 8 nitrogen and oxygen atoms in total.